The van der Waals surface area contributed by atoms with E-state index in [1.165, 1.54) is 0 Å². The molecule has 5 rings (SSSR count). The van der Waals surface area contributed by atoms with Crippen molar-refractivity contribution in [2.45, 2.75) is 58.3 Å². The lowest BCUT2D eigenvalue weighted by atomic mass is 9.91. The van der Waals surface area contributed by atoms with Crippen LogP contribution in [0, 0.1) is 11.8 Å². The number of hydrogen-bond donors (Lipinski definition) is 1. The minimum absolute atomic E-state index is 0.0143. The highest BCUT2D eigenvalue weighted by atomic mass is 16.5. The molecule has 0 saturated carbocycles. The molecule has 0 aliphatic carbocycles. The third-order valence-electron chi connectivity index (χ3n) is 8.35. The molecule has 3 atom stereocenters. The van der Waals surface area contributed by atoms with Gasteiger partial charge in [-0.1, -0.05) is 62.7 Å². The molecule has 3 aliphatic heterocycles. The number of rotatable bonds is 6. The molecule has 2 aromatic rings. The van der Waals surface area contributed by atoms with Gasteiger partial charge in [-0.15, -0.1) is 0 Å². The van der Waals surface area contributed by atoms with Crippen LogP contribution >= 0.6 is 0 Å². The maximum atomic E-state index is 13.9. The first kappa shape index (κ1) is 25.5. The zero-order chi connectivity index (χ0) is 25.9. The number of nitrogens with zero attached hydrogens (tertiary/aromatic N) is 3. The van der Waals surface area contributed by atoms with E-state index in [9.17, 15) is 14.4 Å². The number of nitrogens with one attached hydrogen (secondary N) is 1. The average molecular weight is 507 g/mol. The van der Waals surface area contributed by atoms with Crippen LogP contribution in [0.3, 0.4) is 0 Å². The van der Waals surface area contributed by atoms with Gasteiger partial charge in [-0.2, -0.15) is 0 Å². The minimum Gasteiger partial charge on any atom is -0.381 e. The van der Waals surface area contributed by atoms with Crippen molar-refractivity contribution >= 4 is 28.6 Å². The van der Waals surface area contributed by atoms with E-state index in [0.717, 1.165) is 48.8 Å². The molecule has 0 spiro atoms. The second kappa shape index (κ2) is 11.1. The topological polar surface area (TPSA) is 82.2 Å². The van der Waals surface area contributed by atoms with E-state index < -0.39 is 12.2 Å². The van der Waals surface area contributed by atoms with Crippen molar-refractivity contribution in [2.75, 3.05) is 32.8 Å². The van der Waals surface area contributed by atoms with Crippen LogP contribution in [0.4, 0.5) is 4.79 Å². The molecular formula is C29H38N4O4. The molecule has 3 aliphatic rings. The Labute approximate surface area is 218 Å². The Kier molecular flexibility index (Phi) is 7.65. The molecule has 2 aromatic carbocycles. The highest BCUT2D eigenvalue weighted by molar-refractivity contribution is 5.92. The van der Waals surface area contributed by atoms with E-state index in [-0.39, 0.29) is 30.2 Å². The standard InChI is InChI=1S/C29H38N4O4/c1-3-20(2)27-28(35)31(18-23-9-6-8-22-7-4-5-10-24(22)23)19-25-32(14-11-26(34)33(25)27)29(36)30-17-21-12-15-37-16-13-21/h4-10,20-21,25,27H,3,11-19H2,1-2H3,(H,30,36)/t20-,25+,27-/m0/s1. The highest BCUT2D eigenvalue weighted by Crippen LogP contribution is 2.32. The monoisotopic (exact) mass is 506 g/mol. The van der Waals surface area contributed by atoms with Crippen LogP contribution in [-0.4, -0.2) is 77.6 Å². The smallest absolute Gasteiger partial charge is 0.319 e. The van der Waals surface area contributed by atoms with Crippen molar-refractivity contribution in [1.82, 2.24) is 20.0 Å². The Bertz CT molecular complexity index is 1140. The minimum atomic E-state index is -0.572. The SMILES string of the molecule is CC[C@H](C)[C@H]1C(=O)N(Cc2cccc3ccccc23)C[C@@H]2N(C(=O)NCC3CCOCC3)CCC(=O)N12. The van der Waals surface area contributed by atoms with Gasteiger partial charge in [-0.3, -0.25) is 9.59 Å². The van der Waals surface area contributed by atoms with Gasteiger partial charge in [0.05, 0.1) is 6.54 Å². The van der Waals surface area contributed by atoms with E-state index in [0.29, 0.717) is 32.1 Å². The largest absolute Gasteiger partial charge is 0.381 e. The molecule has 0 bridgehead atoms. The zero-order valence-corrected chi connectivity index (χ0v) is 21.9. The number of carbonyl (C=O) groups is 3. The molecule has 0 unspecified atom stereocenters. The fourth-order valence-electron chi connectivity index (χ4n) is 5.97. The summed E-state index contributed by atoms with van der Waals surface area (Å²) in [5.41, 5.74) is 1.07. The molecule has 0 radical (unpaired) electrons. The van der Waals surface area contributed by atoms with Crippen LogP contribution in [-0.2, 0) is 20.9 Å². The first-order valence-electron chi connectivity index (χ1n) is 13.7. The molecule has 198 valence electrons. The maximum Gasteiger partial charge on any atom is 0.319 e. The van der Waals surface area contributed by atoms with Gasteiger partial charge in [-0.25, -0.2) is 4.79 Å². The number of hydrogen-bond acceptors (Lipinski definition) is 4. The number of carbonyl (C=O) groups excluding carboxylic acids is 3. The first-order chi connectivity index (χ1) is 18.0. The third-order valence-corrected chi connectivity index (χ3v) is 8.35. The van der Waals surface area contributed by atoms with E-state index in [1.807, 2.05) is 36.9 Å². The highest BCUT2D eigenvalue weighted by Gasteiger charge is 2.50. The normalized spacial score (nSPS) is 23.8. The third kappa shape index (κ3) is 5.17. The molecule has 1 N–H and O–H groups in total. The maximum absolute atomic E-state index is 13.9. The van der Waals surface area contributed by atoms with Crippen molar-refractivity contribution in [1.29, 1.82) is 0 Å². The van der Waals surface area contributed by atoms with Gasteiger partial charge < -0.3 is 24.8 Å². The summed E-state index contributed by atoms with van der Waals surface area (Å²) in [6, 6.07) is 13.6. The molecule has 4 amide bonds. The second-order valence-electron chi connectivity index (χ2n) is 10.7. The Hall–Kier alpha value is -3.13. The Morgan fingerprint density at radius 3 is 2.65 bits per heavy atom. The van der Waals surface area contributed by atoms with Crippen molar-refractivity contribution in [3.63, 3.8) is 0 Å². The first-order valence-corrected chi connectivity index (χ1v) is 13.7. The predicted molar refractivity (Wildman–Crippen MR) is 142 cm³/mol. The van der Waals surface area contributed by atoms with Gasteiger partial charge in [0.1, 0.15) is 12.2 Å². The summed E-state index contributed by atoms with van der Waals surface area (Å²) in [4.78, 5) is 45.8. The van der Waals surface area contributed by atoms with Gasteiger partial charge in [0, 0.05) is 39.3 Å². The fraction of sp³-hybridized carbons (Fsp3) is 0.552. The van der Waals surface area contributed by atoms with Crippen LogP contribution in [0.25, 0.3) is 10.8 Å². The Morgan fingerprint density at radius 2 is 1.86 bits per heavy atom. The van der Waals surface area contributed by atoms with E-state index in [2.05, 4.69) is 29.6 Å². The number of fused-ring (bicyclic) bond motifs is 2. The van der Waals surface area contributed by atoms with Crippen LogP contribution in [0.15, 0.2) is 42.5 Å². The molecule has 8 heteroatoms. The predicted octanol–water partition coefficient (Wildman–Crippen LogP) is 3.59. The molecule has 3 fully saturated rings. The van der Waals surface area contributed by atoms with Gasteiger partial charge in [0.25, 0.3) is 0 Å². The summed E-state index contributed by atoms with van der Waals surface area (Å²) in [7, 11) is 0. The van der Waals surface area contributed by atoms with E-state index in [4.69, 9.17) is 4.74 Å². The van der Waals surface area contributed by atoms with Gasteiger partial charge in [0.15, 0.2) is 0 Å². The lowest BCUT2D eigenvalue weighted by Crippen LogP contribution is -2.72. The van der Waals surface area contributed by atoms with Crippen LogP contribution < -0.4 is 5.32 Å². The molecular weight excluding hydrogens is 468 g/mol. The zero-order valence-electron chi connectivity index (χ0n) is 21.9. The van der Waals surface area contributed by atoms with Crippen molar-refractivity contribution in [2.24, 2.45) is 11.8 Å². The summed E-state index contributed by atoms with van der Waals surface area (Å²) < 4.78 is 5.44. The summed E-state index contributed by atoms with van der Waals surface area (Å²) >= 11 is 0. The molecule has 3 heterocycles. The second-order valence-corrected chi connectivity index (χ2v) is 10.7. The molecule has 0 aromatic heterocycles. The quantitative estimate of drug-likeness (QED) is 0.649. The lowest BCUT2D eigenvalue weighted by molar-refractivity contribution is -0.170. The molecule has 3 saturated heterocycles. The Morgan fingerprint density at radius 1 is 1.11 bits per heavy atom. The van der Waals surface area contributed by atoms with Gasteiger partial charge in [0.2, 0.25) is 11.8 Å². The van der Waals surface area contributed by atoms with Crippen LogP contribution in [0.5, 0.6) is 0 Å². The fourth-order valence-corrected chi connectivity index (χ4v) is 5.97. The summed E-state index contributed by atoms with van der Waals surface area (Å²) in [5.74, 6) is 0.321. The van der Waals surface area contributed by atoms with Crippen molar-refractivity contribution < 1.29 is 19.1 Å². The van der Waals surface area contributed by atoms with Crippen LogP contribution in [0.2, 0.25) is 0 Å². The van der Waals surface area contributed by atoms with Crippen molar-refractivity contribution in [3.8, 4) is 0 Å². The Balaban J connectivity index is 1.41. The number of urea groups is 1. The summed E-state index contributed by atoms with van der Waals surface area (Å²) in [6.07, 6.45) is 2.42. The number of ether oxygens (including phenoxy) is 1. The number of piperazine rings is 1. The lowest BCUT2D eigenvalue weighted by Gasteiger charge is -2.53. The van der Waals surface area contributed by atoms with E-state index >= 15 is 0 Å². The van der Waals surface area contributed by atoms with E-state index in [1.54, 1.807) is 9.80 Å². The van der Waals surface area contributed by atoms with Crippen LogP contribution in [0.1, 0.15) is 45.1 Å². The van der Waals surface area contributed by atoms with Gasteiger partial charge in [-0.05, 0) is 41.0 Å². The molecule has 37 heavy (non-hydrogen) atoms. The number of amides is 4. The van der Waals surface area contributed by atoms with Crippen molar-refractivity contribution in [3.05, 3.63) is 48.0 Å². The van der Waals surface area contributed by atoms with Gasteiger partial charge >= 0.3 is 6.03 Å². The summed E-state index contributed by atoms with van der Waals surface area (Å²) in [5, 5.41) is 5.37. The summed E-state index contributed by atoms with van der Waals surface area (Å²) in [6.45, 7) is 7.26. The average Bonchev–Trinajstić information content (AvgIpc) is 2.93. The number of benzene rings is 2. The molecule has 8 nitrogen and oxygen atoms in total.